The van der Waals surface area contributed by atoms with Crippen molar-refractivity contribution >= 4 is 0 Å². The molecular formula is C17H25NO. The minimum atomic E-state index is 0.381. The second kappa shape index (κ2) is 4.92. The van der Waals surface area contributed by atoms with Gasteiger partial charge in [0.25, 0.3) is 0 Å². The van der Waals surface area contributed by atoms with Crippen molar-refractivity contribution in [3.05, 3.63) is 34.9 Å². The van der Waals surface area contributed by atoms with E-state index in [1.54, 1.807) is 11.1 Å². The number of morpholine rings is 1. The van der Waals surface area contributed by atoms with Gasteiger partial charge in [-0.2, -0.15) is 0 Å². The molecule has 0 amide bonds. The predicted octanol–water partition coefficient (Wildman–Crippen LogP) is 3.00. The Kier molecular flexibility index (Phi) is 3.40. The summed E-state index contributed by atoms with van der Waals surface area (Å²) >= 11 is 0. The fourth-order valence-corrected chi connectivity index (χ4v) is 3.49. The van der Waals surface area contributed by atoms with Crippen LogP contribution in [0.3, 0.4) is 0 Å². The summed E-state index contributed by atoms with van der Waals surface area (Å²) in [4.78, 5) is 0. The molecule has 104 valence electrons. The molecule has 0 radical (unpaired) electrons. The van der Waals surface area contributed by atoms with Crippen LogP contribution in [0, 0.1) is 0 Å². The van der Waals surface area contributed by atoms with E-state index in [-0.39, 0.29) is 0 Å². The molecule has 2 heteroatoms. The summed E-state index contributed by atoms with van der Waals surface area (Å²) < 4.78 is 5.81. The fourth-order valence-electron chi connectivity index (χ4n) is 3.49. The van der Waals surface area contributed by atoms with E-state index < -0.39 is 0 Å². The Morgan fingerprint density at radius 3 is 2.89 bits per heavy atom. The van der Waals surface area contributed by atoms with E-state index >= 15 is 0 Å². The number of nitrogens with one attached hydrogen (secondary N) is 1. The summed E-state index contributed by atoms with van der Waals surface area (Å²) in [6, 6.07) is 7.08. The Morgan fingerprint density at radius 1 is 1.42 bits per heavy atom. The molecule has 0 aromatic heterocycles. The van der Waals surface area contributed by atoms with E-state index in [0.29, 0.717) is 17.4 Å². The molecule has 19 heavy (non-hydrogen) atoms. The van der Waals surface area contributed by atoms with Crippen molar-refractivity contribution in [2.45, 2.75) is 51.0 Å². The van der Waals surface area contributed by atoms with Gasteiger partial charge < -0.3 is 10.1 Å². The minimum Gasteiger partial charge on any atom is -0.376 e. The molecule has 1 aliphatic carbocycles. The third kappa shape index (κ3) is 2.56. The highest BCUT2D eigenvalue weighted by Crippen LogP contribution is 2.41. The number of rotatable bonds is 3. The quantitative estimate of drug-likeness (QED) is 0.901. The van der Waals surface area contributed by atoms with Gasteiger partial charge in [0.2, 0.25) is 0 Å². The van der Waals surface area contributed by atoms with Crippen LogP contribution in [-0.4, -0.2) is 25.8 Å². The highest BCUT2D eigenvalue weighted by Gasteiger charge is 2.33. The first-order valence-electron chi connectivity index (χ1n) is 7.52. The van der Waals surface area contributed by atoms with Crippen LogP contribution in [0.15, 0.2) is 18.2 Å². The van der Waals surface area contributed by atoms with Crippen LogP contribution in [0.25, 0.3) is 0 Å². The highest BCUT2D eigenvalue weighted by atomic mass is 16.5. The molecule has 1 aliphatic heterocycles. The summed E-state index contributed by atoms with van der Waals surface area (Å²) in [6.07, 6.45) is 2.73. The molecular weight excluding hydrogens is 234 g/mol. The second-order valence-electron chi connectivity index (χ2n) is 6.81. The molecule has 0 spiro atoms. The number of hydrogen-bond acceptors (Lipinski definition) is 2. The van der Waals surface area contributed by atoms with Gasteiger partial charge in [-0.05, 0) is 40.9 Å². The van der Waals surface area contributed by atoms with Crippen molar-refractivity contribution in [3.63, 3.8) is 0 Å². The molecule has 0 bridgehead atoms. The maximum Gasteiger partial charge on any atom is 0.0705 e. The van der Waals surface area contributed by atoms with Crippen LogP contribution in [-0.2, 0) is 16.6 Å². The van der Waals surface area contributed by atoms with E-state index in [9.17, 15) is 0 Å². The van der Waals surface area contributed by atoms with Crippen LogP contribution in [0.2, 0.25) is 0 Å². The molecule has 1 unspecified atom stereocenters. The Labute approximate surface area is 116 Å². The fraction of sp³-hybridized carbons (Fsp3) is 0.647. The average Bonchev–Trinajstić information content (AvgIpc) is 2.38. The lowest BCUT2D eigenvalue weighted by molar-refractivity contribution is 0.0201. The van der Waals surface area contributed by atoms with Gasteiger partial charge in [0.1, 0.15) is 0 Å². The van der Waals surface area contributed by atoms with Gasteiger partial charge in [0.05, 0.1) is 12.7 Å². The third-order valence-corrected chi connectivity index (χ3v) is 4.68. The summed E-state index contributed by atoms with van der Waals surface area (Å²) in [5.41, 5.74) is 4.97. The van der Waals surface area contributed by atoms with Crippen molar-refractivity contribution in [2.75, 3.05) is 19.7 Å². The van der Waals surface area contributed by atoms with Crippen molar-refractivity contribution in [2.24, 2.45) is 0 Å². The lowest BCUT2D eigenvalue weighted by Gasteiger charge is -2.39. The zero-order valence-electron chi connectivity index (χ0n) is 12.3. The lowest BCUT2D eigenvalue weighted by atomic mass is 9.66. The normalized spacial score (nSPS) is 26.4. The van der Waals surface area contributed by atoms with Crippen LogP contribution in [0.5, 0.6) is 0 Å². The molecule has 1 heterocycles. The van der Waals surface area contributed by atoms with E-state index in [2.05, 4.69) is 44.3 Å². The van der Waals surface area contributed by atoms with Crippen molar-refractivity contribution in [1.29, 1.82) is 0 Å². The number of fused-ring (bicyclic) bond motifs is 1. The number of hydrogen-bond donors (Lipinski definition) is 1. The van der Waals surface area contributed by atoms with Crippen molar-refractivity contribution in [1.82, 2.24) is 5.32 Å². The van der Waals surface area contributed by atoms with Gasteiger partial charge in [-0.3, -0.25) is 0 Å². The predicted molar refractivity (Wildman–Crippen MR) is 78.8 cm³/mol. The highest BCUT2D eigenvalue weighted by molar-refractivity contribution is 5.46. The van der Waals surface area contributed by atoms with Gasteiger partial charge in [-0.25, -0.2) is 0 Å². The third-order valence-electron chi connectivity index (χ3n) is 4.68. The standard InChI is InChI=1S/C17H25NO/c1-12(8-15-11-18-6-7-19-15)13-4-5-16-14(9-13)10-17(16,2)3/h4-5,9,12,15,18H,6-8,10-11H2,1-3H3/t12?,15-/m0/s1. The summed E-state index contributed by atoms with van der Waals surface area (Å²) in [7, 11) is 0. The minimum absolute atomic E-state index is 0.381. The number of ether oxygens (including phenoxy) is 1. The molecule has 2 aliphatic rings. The Hall–Kier alpha value is -0.860. The smallest absolute Gasteiger partial charge is 0.0705 e. The first kappa shape index (κ1) is 13.1. The van der Waals surface area contributed by atoms with Crippen LogP contribution in [0.4, 0.5) is 0 Å². The SMILES string of the molecule is CC(C[C@H]1CNCCO1)c1ccc2c(c1)CC2(C)C. The first-order valence-corrected chi connectivity index (χ1v) is 7.52. The monoisotopic (exact) mass is 259 g/mol. The average molecular weight is 259 g/mol. The molecule has 1 saturated heterocycles. The molecule has 1 aromatic rings. The van der Waals surface area contributed by atoms with Crippen LogP contribution >= 0.6 is 0 Å². The van der Waals surface area contributed by atoms with Gasteiger partial charge >= 0.3 is 0 Å². The zero-order chi connectivity index (χ0) is 13.5. The van der Waals surface area contributed by atoms with Gasteiger partial charge in [0.15, 0.2) is 0 Å². The molecule has 2 nitrogen and oxygen atoms in total. The topological polar surface area (TPSA) is 21.3 Å². The lowest BCUT2D eigenvalue weighted by Crippen LogP contribution is -2.39. The molecule has 3 rings (SSSR count). The van der Waals surface area contributed by atoms with Crippen LogP contribution in [0.1, 0.15) is 49.8 Å². The van der Waals surface area contributed by atoms with Crippen molar-refractivity contribution in [3.8, 4) is 0 Å². The Morgan fingerprint density at radius 2 is 2.26 bits per heavy atom. The second-order valence-corrected chi connectivity index (χ2v) is 6.81. The summed E-state index contributed by atoms with van der Waals surface area (Å²) in [6.45, 7) is 9.85. The molecule has 1 fully saturated rings. The maximum atomic E-state index is 5.81. The van der Waals surface area contributed by atoms with Crippen LogP contribution < -0.4 is 5.32 Å². The van der Waals surface area contributed by atoms with Crippen molar-refractivity contribution < 1.29 is 4.74 Å². The van der Waals surface area contributed by atoms with Gasteiger partial charge in [-0.1, -0.05) is 39.0 Å². The molecule has 2 atom stereocenters. The zero-order valence-corrected chi connectivity index (χ0v) is 12.3. The Balaban J connectivity index is 1.67. The first-order chi connectivity index (χ1) is 9.06. The largest absolute Gasteiger partial charge is 0.376 e. The van der Waals surface area contributed by atoms with E-state index in [4.69, 9.17) is 4.74 Å². The van der Waals surface area contributed by atoms with Gasteiger partial charge in [0, 0.05) is 13.1 Å². The molecule has 1 aromatic carbocycles. The van der Waals surface area contributed by atoms with Gasteiger partial charge in [-0.15, -0.1) is 0 Å². The summed E-state index contributed by atoms with van der Waals surface area (Å²) in [5, 5.41) is 3.41. The number of benzene rings is 1. The summed E-state index contributed by atoms with van der Waals surface area (Å²) in [5.74, 6) is 0.582. The Bertz CT molecular complexity index is 460. The maximum absolute atomic E-state index is 5.81. The van der Waals surface area contributed by atoms with E-state index in [0.717, 1.165) is 26.1 Å². The van der Waals surface area contributed by atoms with E-state index in [1.807, 2.05) is 0 Å². The van der Waals surface area contributed by atoms with E-state index in [1.165, 1.54) is 12.0 Å². The molecule has 0 saturated carbocycles. The molecule has 1 N–H and O–H groups in total.